The lowest BCUT2D eigenvalue weighted by Gasteiger charge is -2.34. The van der Waals surface area contributed by atoms with E-state index in [4.69, 9.17) is 0 Å². The molecule has 0 unspecified atom stereocenters. The molecule has 0 aromatic carbocycles. The average molecular weight is 213 g/mol. The highest BCUT2D eigenvalue weighted by Gasteiger charge is 2.27. The fourth-order valence-electron chi connectivity index (χ4n) is 1.69. The molecule has 1 N–H and O–H groups in total. The van der Waals surface area contributed by atoms with Crippen LogP contribution in [0, 0.1) is 11.3 Å². The summed E-state index contributed by atoms with van der Waals surface area (Å²) in [5.74, 6) is 0.693. The van der Waals surface area contributed by atoms with Gasteiger partial charge in [-0.1, -0.05) is 47.0 Å². The third kappa shape index (κ3) is 5.81. The molecule has 90 valence electrons. The number of carbonyl (C=O) groups is 1. The third-order valence-electron chi connectivity index (χ3n) is 3.49. The molecule has 0 fully saturated rings. The predicted molar refractivity (Wildman–Crippen MR) is 65.8 cm³/mol. The van der Waals surface area contributed by atoms with Crippen LogP contribution in [0.4, 0.5) is 0 Å². The van der Waals surface area contributed by atoms with E-state index in [-0.39, 0.29) is 11.3 Å². The fourth-order valence-corrected chi connectivity index (χ4v) is 1.69. The Labute approximate surface area is 94.8 Å². The van der Waals surface area contributed by atoms with Crippen molar-refractivity contribution >= 4 is 5.91 Å². The Hall–Kier alpha value is -0.530. The Kier molecular flexibility index (Phi) is 6.62. The first-order valence-corrected chi connectivity index (χ1v) is 6.17. The highest BCUT2D eigenvalue weighted by atomic mass is 16.1. The van der Waals surface area contributed by atoms with Crippen molar-refractivity contribution in [1.29, 1.82) is 0 Å². The standard InChI is InChI=1S/C13H27NO/c1-6-7-8-9-13(5,11(2)3)10-14-12(4)15/h11H,6-10H2,1-5H3,(H,14,15)/t13-/m1/s1. The van der Waals surface area contributed by atoms with Crippen LogP contribution in [-0.4, -0.2) is 12.5 Å². The maximum atomic E-state index is 10.9. The Bertz CT molecular complexity index is 189. The van der Waals surface area contributed by atoms with Crippen molar-refractivity contribution in [2.24, 2.45) is 11.3 Å². The third-order valence-corrected chi connectivity index (χ3v) is 3.49. The van der Waals surface area contributed by atoms with Crippen LogP contribution in [0.15, 0.2) is 0 Å². The van der Waals surface area contributed by atoms with Gasteiger partial charge in [-0.25, -0.2) is 0 Å². The van der Waals surface area contributed by atoms with Gasteiger partial charge in [0, 0.05) is 13.5 Å². The van der Waals surface area contributed by atoms with Crippen LogP contribution in [0.2, 0.25) is 0 Å². The number of hydrogen-bond acceptors (Lipinski definition) is 1. The minimum atomic E-state index is 0.0809. The number of rotatable bonds is 7. The topological polar surface area (TPSA) is 29.1 Å². The van der Waals surface area contributed by atoms with Gasteiger partial charge in [-0.3, -0.25) is 4.79 Å². The summed E-state index contributed by atoms with van der Waals surface area (Å²) in [6, 6.07) is 0. The molecule has 2 nitrogen and oxygen atoms in total. The number of carbonyl (C=O) groups excluding carboxylic acids is 1. The van der Waals surface area contributed by atoms with E-state index >= 15 is 0 Å². The first-order chi connectivity index (χ1) is 6.92. The van der Waals surface area contributed by atoms with Gasteiger partial charge in [-0.2, -0.15) is 0 Å². The van der Waals surface area contributed by atoms with Crippen molar-refractivity contribution in [3.8, 4) is 0 Å². The molecule has 1 atom stereocenters. The molecular weight excluding hydrogens is 186 g/mol. The summed E-state index contributed by atoms with van der Waals surface area (Å²) in [7, 11) is 0. The zero-order valence-corrected chi connectivity index (χ0v) is 11.0. The molecule has 0 bridgehead atoms. The van der Waals surface area contributed by atoms with E-state index in [0.717, 1.165) is 6.54 Å². The summed E-state index contributed by atoms with van der Waals surface area (Å²) in [6.45, 7) is 11.4. The molecular formula is C13H27NO. The van der Waals surface area contributed by atoms with Crippen molar-refractivity contribution in [1.82, 2.24) is 5.32 Å². The summed E-state index contributed by atoms with van der Waals surface area (Å²) >= 11 is 0. The summed E-state index contributed by atoms with van der Waals surface area (Å²) in [4.78, 5) is 10.9. The second-order valence-corrected chi connectivity index (χ2v) is 5.18. The molecule has 0 aliphatic heterocycles. The molecule has 0 aromatic heterocycles. The van der Waals surface area contributed by atoms with Gasteiger partial charge in [0.2, 0.25) is 5.91 Å². The normalized spacial score (nSPS) is 15.1. The molecule has 0 spiro atoms. The van der Waals surface area contributed by atoms with Gasteiger partial charge in [0.05, 0.1) is 0 Å². The first kappa shape index (κ1) is 14.5. The lowest BCUT2D eigenvalue weighted by Crippen LogP contribution is -2.38. The smallest absolute Gasteiger partial charge is 0.216 e. The largest absolute Gasteiger partial charge is 0.356 e. The van der Waals surface area contributed by atoms with Gasteiger partial charge in [0.1, 0.15) is 0 Å². The summed E-state index contributed by atoms with van der Waals surface area (Å²) in [5.41, 5.74) is 0.251. The van der Waals surface area contributed by atoms with E-state index in [1.54, 1.807) is 6.92 Å². The molecule has 0 radical (unpaired) electrons. The maximum absolute atomic E-state index is 10.9. The van der Waals surface area contributed by atoms with Crippen LogP contribution in [0.1, 0.15) is 60.3 Å². The first-order valence-electron chi connectivity index (χ1n) is 6.17. The van der Waals surface area contributed by atoms with Crippen molar-refractivity contribution < 1.29 is 4.79 Å². The second-order valence-electron chi connectivity index (χ2n) is 5.18. The highest BCUT2D eigenvalue weighted by Crippen LogP contribution is 2.32. The van der Waals surface area contributed by atoms with Crippen LogP contribution in [-0.2, 0) is 4.79 Å². The molecule has 0 saturated heterocycles. The van der Waals surface area contributed by atoms with E-state index in [1.165, 1.54) is 25.7 Å². The van der Waals surface area contributed by atoms with Gasteiger partial charge in [0.15, 0.2) is 0 Å². The Morgan fingerprint density at radius 2 is 1.93 bits per heavy atom. The second kappa shape index (κ2) is 6.86. The minimum Gasteiger partial charge on any atom is -0.356 e. The molecule has 2 heteroatoms. The zero-order chi connectivity index (χ0) is 11.9. The molecule has 0 heterocycles. The van der Waals surface area contributed by atoms with Crippen molar-refractivity contribution in [3.05, 3.63) is 0 Å². The van der Waals surface area contributed by atoms with Crippen LogP contribution >= 0.6 is 0 Å². The van der Waals surface area contributed by atoms with Gasteiger partial charge in [0.25, 0.3) is 0 Å². The van der Waals surface area contributed by atoms with E-state index in [2.05, 4.69) is 33.0 Å². The monoisotopic (exact) mass is 213 g/mol. The van der Waals surface area contributed by atoms with Crippen molar-refractivity contribution in [2.45, 2.75) is 60.3 Å². The van der Waals surface area contributed by atoms with Crippen molar-refractivity contribution in [3.63, 3.8) is 0 Å². The lowest BCUT2D eigenvalue weighted by molar-refractivity contribution is -0.119. The molecule has 1 amide bonds. The zero-order valence-electron chi connectivity index (χ0n) is 11.0. The molecule has 0 aliphatic rings. The van der Waals surface area contributed by atoms with Crippen LogP contribution in [0.5, 0.6) is 0 Å². The van der Waals surface area contributed by atoms with Gasteiger partial charge < -0.3 is 5.32 Å². The lowest BCUT2D eigenvalue weighted by atomic mass is 9.75. The van der Waals surface area contributed by atoms with Gasteiger partial charge in [-0.15, -0.1) is 0 Å². The van der Waals surface area contributed by atoms with Crippen LogP contribution in [0.3, 0.4) is 0 Å². The SMILES string of the molecule is CCCCC[C@](C)(CNC(C)=O)C(C)C. The molecule has 0 rings (SSSR count). The van der Waals surface area contributed by atoms with E-state index in [1.807, 2.05) is 0 Å². The Morgan fingerprint density at radius 1 is 1.33 bits per heavy atom. The summed E-state index contributed by atoms with van der Waals surface area (Å²) < 4.78 is 0. The Morgan fingerprint density at radius 3 is 2.33 bits per heavy atom. The predicted octanol–water partition coefficient (Wildman–Crippen LogP) is 3.37. The molecule has 15 heavy (non-hydrogen) atoms. The number of unbranched alkanes of at least 4 members (excludes halogenated alkanes) is 2. The molecule has 0 aromatic rings. The van der Waals surface area contributed by atoms with Crippen molar-refractivity contribution in [2.75, 3.05) is 6.54 Å². The fraction of sp³-hybridized carbons (Fsp3) is 0.923. The minimum absolute atomic E-state index is 0.0809. The summed E-state index contributed by atoms with van der Waals surface area (Å²) in [5, 5.41) is 2.96. The Balaban J connectivity index is 4.12. The van der Waals surface area contributed by atoms with Gasteiger partial charge in [-0.05, 0) is 17.8 Å². The quantitative estimate of drug-likeness (QED) is 0.645. The van der Waals surface area contributed by atoms with Crippen LogP contribution < -0.4 is 5.32 Å². The van der Waals surface area contributed by atoms with E-state index in [0.29, 0.717) is 5.92 Å². The molecule has 0 saturated carbocycles. The maximum Gasteiger partial charge on any atom is 0.216 e. The summed E-state index contributed by atoms with van der Waals surface area (Å²) in [6.07, 6.45) is 5.03. The van der Waals surface area contributed by atoms with Crippen LogP contribution in [0.25, 0.3) is 0 Å². The highest BCUT2D eigenvalue weighted by molar-refractivity contribution is 5.72. The number of amides is 1. The number of hydrogen-bond donors (Lipinski definition) is 1. The van der Waals surface area contributed by atoms with Gasteiger partial charge >= 0.3 is 0 Å². The average Bonchev–Trinajstić information content (AvgIpc) is 2.15. The molecule has 0 aliphatic carbocycles. The number of nitrogens with one attached hydrogen (secondary N) is 1. The van der Waals surface area contributed by atoms with E-state index < -0.39 is 0 Å². The van der Waals surface area contributed by atoms with E-state index in [9.17, 15) is 4.79 Å².